The SMILES string of the molecule is Cc1ccc(CC(=O)C2CCCOC2)nc1. The number of hydrogen-bond donors (Lipinski definition) is 0. The minimum absolute atomic E-state index is 0.0804. The summed E-state index contributed by atoms with van der Waals surface area (Å²) in [5.41, 5.74) is 1.98. The lowest BCUT2D eigenvalue weighted by Gasteiger charge is -2.20. The van der Waals surface area contributed by atoms with Gasteiger partial charge < -0.3 is 4.74 Å². The topological polar surface area (TPSA) is 39.2 Å². The summed E-state index contributed by atoms with van der Waals surface area (Å²) in [6, 6.07) is 3.92. The van der Waals surface area contributed by atoms with Crippen LogP contribution in [0.25, 0.3) is 0 Å². The Bertz CT molecular complexity index is 353. The maximum atomic E-state index is 11.9. The summed E-state index contributed by atoms with van der Waals surface area (Å²) in [7, 11) is 0. The highest BCUT2D eigenvalue weighted by Gasteiger charge is 2.21. The molecule has 16 heavy (non-hydrogen) atoms. The van der Waals surface area contributed by atoms with Crippen LogP contribution in [0.5, 0.6) is 0 Å². The molecule has 1 aliphatic rings. The molecule has 0 amide bonds. The Hall–Kier alpha value is -1.22. The van der Waals surface area contributed by atoms with Gasteiger partial charge >= 0.3 is 0 Å². The molecule has 1 aromatic rings. The van der Waals surface area contributed by atoms with E-state index in [0.717, 1.165) is 30.7 Å². The fourth-order valence-electron chi connectivity index (χ4n) is 1.92. The molecule has 3 heteroatoms. The number of nitrogens with zero attached hydrogens (tertiary/aromatic N) is 1. The van der Waals surface area contributed by atoms with Gasteiger partial charge in [-0.2, -0.15) is 0 Å². The molecule has 1 unspecified atom stereocenters. The number of hydrogen-bond acceptors (Lipinski definition) is 3. The van der Waals surface area contributed by atoms with Crippen LogP contribution in [0.1, 0.15) is 24.1 Å². The zero-order valence-electron chi connectivity index (χ0n) is 9.61. The first-order chi connectivity index (χ1) is 7.75. The highest BCUT2D eigenvalue weighted by molar-refractivity contribution is 5.83. The van der Waals surface area contributed by atoms with E-state index in [4.69, 9.17) is 4.74 Å². The summed E-state index contributed by atoms with van der Waals surface area (Å²) in [5.74, 6) is 0.341. The van der Waals surface area contributed by atoms with Gasteiger partial charge in [-0.1, -0.05) is 6.07 Å². The lowest BCUT2D eigenvalue weighted by atomic mass is 9.94. The Kier molecular flexibility index (Phi) is 3.67. The second-order valence-corrected chi connectivity index (χ2v) is 4.38. The van der Waals surface area contributed by atoms with Crippen LogP contribution in [0, 0.1) is 12.8 Å². The van der Waals surface area contributed by atoms with Gasteiger partial charge in [-0.25, -0.2) is 0 Å². The second kappa shape index (κ2) is 5.21. The van der Waals surface area contributed by atoms with Crippen molar-refractivity contribution in [3.63, 3.8) is 0 Å². The Balaban J connectivity index is 1.93. The normalized spacial score (nSPS) is 20.7. The van der Waals surface area contributed by atoms with Crippen LogP contribution in [0.4, 0.5) is 0 Å². The average Bonchev–Trinajstić information content (AvgIpc) is 2.33. The van der Waals surface area contributed by atoms with Gasteiger partial charge in [0.1, 0.15) is 5.78 Å². The minimum atomic E-state index is 0.0804. The van der Waals surface area contributed by atoms with Crippen molar-refractivity contribution < 1.29 is 9.53 Å². The Morgan fingerprint density at radius 2 is 2.44 bits per heavy atom. The van der Waals surface area contributed by atoms with Crippen molar-refractivity contribution in [2.24, 2.45) is 5.92 Å². The van der Waals surface area contributed by atoms with Gasteiger partial charge in [0.15, 0.2) is 0 Å². The molecular weight excluding hydrogens is 202 g/mol. The van der Waals surface area contributed by atoms with E-state index in [1.54, 1.807) is 6.20 Å². The molecule has 0 aliphatic carbocycles. The van der Waals surface area contributed by atoms with Gasteiger partial charge in [-0.05, 0) is 31.4 Å². The van der Waals surface area contributed by atoms with Gasteiger partial charge in [0.2, 0.25) is 0 Å². The largest absolute Gasteiger partial charge is 0.381 e. The number of Topliss-reactive ketones (excluding diaryl/α,β-unsaturated/α-hetero) is 1. The predicted molar refractivity (Wildman–Crippen MR) is 61.2 cm³/mol. The van der Waals surface area contributed by atoms with Crippen molar-refractivity contribution in [3.8, 4) is 0 Å². The van der Waals surface area contributed by atoms with E-state index >= 15 is 0 Å². The molecule has 2 rings (SSSR count). The van der Waals surface area contributed by atoms with Gasteiger partial charge in [0.05, 0.1) is 6.61 Å². The van der Waals surface area contributed by atoms with Crippen LogP contribution in [0.3, 0.4) is 0 Å². The third-order valence-corrected chi connectivity index (χ3v) is 2.94. The third kappa shape index (κ3) is 2.89. The molecule has 1 aliphatic heterocycles. The summed E-state index contributed by atoms with van der Waals surface area (Å²) in [4.78, 5) is 16.2. The number of ether oxygens (including phenoxy) is 1. The number of carbonyl (C=O) groups excluding carboxylic acids is 1. The number of rotatable bonds is 3. The zero-order valence-corrected chi connectivity index (χ0v) is 9.61. The summed E-state index contributed by atoms with van der Waals surface area (Å²) >= 11 is 0. The first-order valence-corrected chi connectivity index (χ1v) is 5.77. The number of aromatic nitrogens is 1. The van der Waals surface area contributed by atoms with Crippen molar-refractivity contribution in [1.82, 2.24) is 4.98 Å². The maximum absolute atomic E-state index is 11.9. The lowest BCUT2D eigenvalue weighted by molar-refractivity contribution is -0.126. The van der Waals surface area contributed by atoms with E-state index in [2.05, 4.69) is 4.98 Å². The van der Waals surface area contributed by atoms with E-state index in [1.807, 2.05) is 19.1 Å². The van der Waals surface area contributed by atoms with Crippen molar-refractivity contribution in [3.05, 3.63) is 29.6 Å². The maximum Gasteiger partial charge on any atom is 0.144 e. The number of carbonyl (C=O) groups is 1. The molecule has 2 heterocycles. The Morgan fingerprint density at radius 1 is 1.56 bits per heavy atom. The van der Waals surface area contributed by atoms with E-state index in [0.29, 0.717) is 13.0 Å². The Morgan fingerprint density at radius 3 is 3.06 bits per heavy atom. The van der Waals surface area contributed by atoms with E-state index < -0.39 is 0 Å². The molecular formula is C13H17NO2. The van der Waals surface area contributed by atoms with E-state index in [9.17, 15) is 4.79 Å². The van der Waals surface area contributed by atoms with Crippen LogP contribution in [0.2, 0.25) is 0 Å². The summed E-state index contributed by atoms with van der Waals surface area (Å²) in [5, 5.41) is 0. The van der Waals surface area contributed by atoms with Crippen molar-refractivity contribution >= 4 is 5.78 Å². The fourth-order valence-corrected chi connectivity index (χ4v) is 1.92. The van der Waals surface area contributed by atoms with Gasteiger partial charge in [0.25, 0.3) is 0 Å². The average molecular weight is 219 g/mol. The highest BCUT2D eigenvalue weighted by Crippen LogP contribution is 2.16. The molecule has 0 bridgehead atoms. The summed E-state index contributed by atoms with van der Waals surface area (Å²) in [6.45, 7) is 3.38. The molecule has 1 atom stereocenters. The van der Waals surface area contributed by atoms with E-state index in [-0.39, 0.29) is 11.7 Å². The molecule has 0 N–H and O–H groups in total. The van der Waals surface area contributed by atoms with Gasteiger partial charge in [-0.3, -0.25) is 9.78 Å². The molecule has 0 radical (unpaired) electrons. The molecule has 3 nitrogen and oxygen atoms in total. The monoisotopic (exact) mass is 219 g/mol. The number of pyridine rings is 1. The number of ketones is 1. The molecule has 1 saturated heterocycles. The lowest BCUT2D eigenvalue weighted by Crippen LogP contribution is -2.26. The van der Waals surface area contributed by atoms with Crippen LogP contribution >= 0.6 is 0 Å². The van der Waals surface area contributed by atoms with Crippen LogP contribution in [0.15, 0.2) is 18.3 Å². The third-order valence-electron chi connectivity index (χ3n) is 2.94. The fraction of sp³-hybridized carbons (Fsp3) is 0.538. The van der Waals surface area contributed by atoms with Crippen molar-refractivity contribution in [2.45, 2.75) is 26.2 Å². The molecule has 1 fully saturated rings. The predicted octanol–water partition coefficient (Wildman–Crippen LogP) is 1.93. The molecule has 0 saturated carbocycles. The summed E-state index contributed by atoms with van der Waals surface area (Å²) in [6.07, 6.45) is 4.21. The van der Waals surface area contributed by atoms with Gasteiger partial charge in [-0.15, -0.1) is 0 Å². The van der Waals surface area contributed by atoms with Crippen LogP contribution in [-0.2, 0) is 16.0 Å². The quantitative estimate of drug-likeness (QED) is 0.779. The van der Waals surface area contributed by atoms with Crippen molar-refractivity contribution in [1.29, 1.82) is 0 Å². The van der Waals surface area contributed by atoms with E-state index in [1.165, 1.54) is 0 Å². The zero-order chi connectivity index (χ0) is 11.4. The molecule has 0 spiro atoms. The van der Waals surface area contributed by atoms with Gasteiger partial charge in [0, 0.05) is 30.8 Å². The van der Waals surface area contributed by atoms with Crippen LogP contribution in [-0.4, -0.2) is 24.0 Å². The first-order valence-electron chi connectivity index (χ1n) is 5.77. The molecule has 86 valence electrons. The molecule has 1 aromatic heterocycles. The molecule has 0 aromatic carbocycles. The van der Waals surface area contributed by atoms with Crippen molar-refractivity contribution in [2.75, 3.05) is 13.2 Å². The number of aryl methyl sites for hydroxylation is 1. The summed E-state index contributed by atoms with van der Waals surface area (Å²) < 4.78 is 5.32. The minimum Gasteiger partial charge on any atom is -0.381 e. The smallest absolute Gasteiger partial charge is 0.144 e. The second-order valence-electron chi connectivity index (χ2n) is 4.38. The first kappa shape index (κ1) is 11.3. The standard InChI is InChI=1S/C13H17NO2/c1-10-4-5-12(14-8-10)7-13(15)11-3-2-6-16-9-11/h4-5,8,11H,2-3,6-7,9H2,1H3. The van der Waals surface area contributed by atoms with Crippen LogP contribution < -0.4 is 0 Å². The highest BCUT2D eigenvalue weighted by atomic mass is 16.5. The Labute approximate surface area is 95.8 Å².